The fraction of sp³-hybridized carbons (Fsp3) is 0.233. The molecule has 0 saturated carbocycles. The van der Waals surface area contributed by atoms with Crippen molar-refractivity contribution in [3.8, 4) is 11.4 Å². The molecule has 0 N–H and O–H groups in total. The van der Waals surface area contributed by atoms with Crippen LogP contribution in [0.2, 0.25) is 5.02 Å². The maximum atomic E-state index is 13.9. The van der Waals surface area contributed by atoms with E-state index in [-0.39, 0.29) is 12.2 Å². The number of rotatable bonds is 6. The van der Waals surface area contributed by atoms with Crippen molar-refractivity contribution in [2.75, 3.05) is 13.7 Å². The fourth-order valence-corrected chi connectivity index (χ4v) is 6.26. The van der Waals surface area contributed by atoms with Crippen molar-refractivity contribution in [2.45, 2.75) is 33.7 Å². The van der Waals surface area contributed by atoms with Gasteiger partial charge in [-0.3, -0.25) is 9.36 Å². The zero-order valence-corrected chi connectivity index (χ0v) is 23.9. The van der Waals surface area contributed by atoms with Crippen LogP contribution in [0.4, 0.5) is 0 Å². The number of thiazole rings is 1. The molecule has 0 radical (unpaired) electrons. The van der Waals surface area contributed by atoms with Crippen LogP contribution in [0.5, 0.6) is 5.75 Å². The first-order chi connectivity index (χ1) is 18.7. The van der Waals surface area contributed by atoms with Crippen LogP contribution in [0.25, 0.3) is 11.8 Å². The third kappa shape index (κ3) is 4.75. The average Bonchev–Trinajstić information content (AvgIpc) is 3.37. The van der Waals surface area contributed by atoms with Gasteiger partial charge in [-0.2, -0.15) is 0 Å². The highest BCUT2D eigenvalue weighted by Gasteiger charge is 2.34. The number of hydrogen-bond acceptors (Lipinski definition) is 6. The van der Waals surface area contributed by atoms with Crippen molar-refractivity contribution in [3.63, 3.8) is 0 Å². The number of ether oxygens (including phenoxy) is 2. The predicted octanol–water partition coefficient (Wildman–Crippen LogP) is 4.87. The van der Waals surface area contributed by atoms with E-state index in [9.17, 15) is 9.59 Å². The zero-order valence-electron chi connectivity index (χ0n) is 22.3. The highest BCUT2D eigenvalue weighted by molar-refractivity contribution is 7.07. The molecular weight excluding hydrogens is 534 g/mol. The van der Waals surface area contributed by atoms with Crippen LogP contribution in [-0.2, 0) is 9.53 Å². The third-order valence-corrected chi connectivity index (χ3v) is 8.13. The molecule has 1 atom stereocenters. The molecule has 3 heterocycles. The number of aromatic nitrogens is 2. The number of carbonyl (C=O) groups is 1. The summed E-state index contributed by atoms with van der Waals surface area (Å²) in [4.78, 5) is 32.2. The molecule has 0 fully saturated rings. The molecule has 2 aromatic carbocycles. The maximum absolute atomic E-state index is 13.9. The van der Waals surface area contributed by atoms with Gasteiger partial charge in [0.1, 0.15) is 11.8 Å². The van der Waals surface area contributed by atoms with E-state index < -0.39 is 12.0 Å². The lowest BCUT2D eigenvalue weighted by atomic mass is 9.96. The Morgan fingerprint density at radius 3 is 2.51 bits per heavy atom. The van der Waals surface area contributed by atoms with Gasteiger partial charge in [-0.1, -0.05) is 41.1 Å². The number of allylic oxidation sites excluding steroid dienone is 1. The lowest BCUT2D eigenvalue weighted by Crippen LogP contribution is -2.40. The molecule has 0 bridgehead atoms. The Balaban J connectivity index is 1.68. The molecular formula is C30H28ClN3O4S. The summed E-state index contributed by atoms with van der Waals surface area (Å²) in [6.07, 6.45) is 1.89. The van der Waals surface area contributed by atoms with E-state index >= 15 is 0 Å². The van der Waals surface area contributed by atoms with Gasteiger partial charge in [0.2, 0.25) is 0 Å². The summed E-state index contributed by atoms with van der Waals surface area (Å²) in [5.74, 6) is 0.272. The van der Waals surface area contributed by atoms with E-state index in [4.69, 9.17) is 21.1 Å². The van der Waals surface area contributed by atoms with Crippen molar-refractivity contribution in [2.24, 2.45) is 4.99 Å². The standard InChI is InChI=1S/C30H28ClN3O4S/c1-6-38-29(36)26-18(3)32-30-34(27(26)23-9-7-8-10-24(23)31)28(35)25(39-30)16-20-15-17(2)33(19(20)4)21-11-13-22(37-5)14-12-21/h7-16,27H,6H2,1-5H3/b25-16+/t27-/m1/s1. The molecule has 200 valence electrons. The van der Waals surface area contributed by atoms with Crippen LogP contribution >= 0.6 is 22.9 Å². The van der Waals surface area contributed by atoms with Crippen LogP contribution in [-0.4, -0.2) is 28.8 Å². The fourth-order valence-electron chi connectivity index (χ4n) is 4.99. The predicted molar refractivity (Wildman–Crippen MR) is 154 cm³/mol. The Morgan fingerprint density at radius 2 is 1.85 bits per heavy atom. The molecule has 0 aliphatic carbocycles. The van der Waals surface area contributed by atoms with Gasteiger partial charge < -0.3 is 14.0 Å². The number of methoxy groups -OCH3 is 1. The summed E-state index contributed by atoms with van der Waals surface area (Å²) in [5, 5.41) is 0.455. The second-order valence-corrected chi connectivity index (χ2v) is 10.6. The summed E-state index contributed by atoms with van der Waals surface area (Å²) in [6.45, 7) is 7.77. The highest BCUT2D eigenvalue weighted by atomic mass is 35.5. The van der Waals surface area contributed by atoms with E-state index in [0.717, 1.165) is 28.4 Å². The first-order valence-electron chi connectivity index (χ1n) is 12.5. The van der Waals surface area contributed by atoms with Crippen molar-refractivity contribution < 1.29 is 14.3 Å². The molecule has 0 unspecified atom stereocenters. The van der Waals surface area contributed by atoms with E-state index in [1.807, 2.05) is 62.4 Å². The van der Waals surface area contributed by atoms with Gasteiger partial charge in [0.15, 0.2) is 4.80 Å². The summed E-state index contributed by atoms with van der Waals surface area (Å²) in [7, 11) is 1.64. The molecule has 0 saturated heterocycles. The Labute approximate surface area is 234 Å². The first-order valence-corrected chi connectivity index (χ1v) is 13.7. The van der Waals surface area contributed by atoms with Gasteiger partial charge in [0, 0.05) is 22.1 Å². The van der Waals surface area contributed by atoms with Crippen LogP contribution in [0.3, 0.4) is 0 Å². The molecule has 39 heavy (non-hydrogen) atoms. The van der Waals surface area contributed by atoms with Crippen molar-refractivity contribution in [3.05, 3.63) is 113 Å². The van der Waals surface area contributed by atoms with Gasteiger partial charge in [-0.15, -0.1) is 0 Å². The van der Waals surface area contributed by atoms with Crippen LogP contribution in [0.1, 0.15) is 42.4 Å². The molecule has 7 nitrogen and oxygen atoms in total. The SMILES string of the molecule is CCOC(=O)C1=C(C)N=c2s/c(=C/c3cc(C)n(-c4ccc(OC)cc4)c3C)c(=O)n2[C@@H]1c1ccccc1Cl. The van der Waals surface area contributed by atoms with E-state index in [1.165, 1.54) is 11.3 Å². The largest absolute Gasteiger partial charge is 0.497 e. The number of esters is 1. The zero-order chi connectivity index (χ0) is 27.8. The molecule has 9 heteroatoms. The minimum absolute atomic E-state index is 0.207. The monoisotopic (exact) mass is 561 g/mol. The summed E-state index contributed by atoms with van der Waals surface area (Å²) >= 11 is 7.88. The second kappa shape index (κ2) is 10.7. The van der Waals surface area contributed by atoms with Gasteiger partial charge in [0.25, 0.3) is 5.56 Å². The van der Waals surface area contributed by atoms with Crippen LogP contribution in [0.15, 0.2) is 75.7 Å². The van der Waals surface area contributed by atoms with Gasteiger partial charge >= 0.3 is 5.97 Å². The van der Waals surface area contributed by atoms with Crippen molar-refractivity contribution in [1.82, 2.24) is 9.13 Å². The Hall–Kier alpha value is -3.88. The third-order valence-electron chi connectivity index (χ3n) is 6.80. The Kier molecular flexibility index (Phi) is 7.34. The van der Waals surface area contributed by atoms with E-state index in [0.29, 0.717) is 31.2 Å². The Bertz CT molecular complexity index is 1790. The summed E-state index contributed by atoms with van der Waals surface area (Å²) < 4.78 is 14.9. The van der Waals surface area contributed by atoms with Crippen LogP contribution < -0.4 is 19.6 Å². The van der Waals surface area contributed by atoms with E-state index in [2.05, 4.69) is 15.6 Å². The lowest BCUT2D eigenvalue weighted by molar-refractivity contribution is -0.139. The molecule has 4 aromatic rings. The number of carbonyl (C=O) groups excluding carboxylic acids is 1. The van der Waals surface area contributed by atoms with Gasteiger partial charge in [-0.25, -0.2) is 9.79 Å². The minimum Gasteiger partial charge on any atom is -0.497 e. The topological polar surface area (TPSA) is 74.8 Å². The average molecular weight is 562 g/mol. The van der Waals surface area contributed by atoms with Gasteiger partial charge in [0.05, 0.1) is 29.5 Å². The number of fused-ring (bicyclic) bond motifs is 1. The van der Waals surface area contributed by atoms with E-state index in [1.54, 1.807) is 31.6 Å². The van der Waals surface area contributed by atoms with Crippen molar-refractivity contribution >= 4 is 35.0 Å². The van der Waals surface area contributed by atoms with Crippen molar-refractivity contribution in [1.29, 1.82) is 0 Å². The number of aryl methyl sites for hydroxylation is 1. The lowest BCUT2D eigenvalue weighted by Gasteiger charge is -2.25. The smallest absolute Gasteiger partial charge is 0.338 e. The number of halogens is 1. The van der Waals surface area contributed by atoms with Gasteiger partial charge in [-0.05, 0) is 81.3 Å². The quantitative estimate of drug-likeness (QED) is 0.315. The summed E-state index contributed by atoms with van der Waals surface area (Å²) in [5.41, 5.74) is 5.16. The van der Waals surface area contributed by atoms with Crippen LogP contribution in [0, 0.1) is 13.8 Å². The molecule has 0 spiro atoms. The number of nitrogens with zero attached hydrogens (tertiary/aromatic N) is 3. The molecule has 1 aliphatic rings. The Morgan fingerprint density at radius 1 is 1.13 bits per heavy atom. The number of hydrogen-bond donors (Lipinski definition) is 0. The second-order valence-electron chi connectivity index (χ2n) is 9.18. The molecule has 0 amide bonds. The maximum Gasteiger partial charge on any atom is 0.338 e. The highest BCUT2D eigenvalue weighted by Crippen LogP contribution is 2.34. The summed E-state index contributed by atoms with van der Waals surface area (Å²) in [6, 6.07) is 16.4. The molecule has 5 rings (SSSR count). The first kappa shape index (κ1) is 26.7. The normalized spacial score (nSPS) is 15.2. The molecule has 2 aromatic heterocycles. The minimum atomic E-state index is -0.747. The number of benzene rings is 2. The molecule has 1 aliphatic heterocycles.